The smallest absolute Gasteiger partial charge is 0.166 e. The lowest BCUT2D eigenvalue weighted by atomic mass is 9.98. The lowest BCUT2D eigenvalue weighted by molar-refractivity contribution is 0.406. The molecule has 2 aliphatic heterocycles. The summed E-state index contributed by atoms with van der Waals surface area (Å²) >= 11 is 3.23. The minimum absolute atomic E-state index is 0.244. The largest absolute Gasteiger partial charge is 0.348 e. The van der Waals surface area contributed by atoms with Crippen molar-refractivity contribution in [3.63, 3.8) is 0 Å². The van der Waals surface area contributed by atoms with E-state index >= 15 is 0 Å². The van der Waals surface area contributed by atoms with Gasteiger partial charge in [-0.2, -0.15) is 0 Å². The van der Waals surface area contributed by atoms with Crippen molar-refractivity contribution in [1.82, 2.24) is 4.98 Å². The molecular formula is C12H15BrFN3. The lowest BCUT2D eigenvalue weighted by Crippen LogP contribution is -2.48. The van der Waals surface area contributed by atoms with Crippen molar-refractivity contribution in [2.24, 2.45) is 5.73 Å². The van der Waals surface area contributed by atoms with Gasteiger partial charge in [0.25, 0.3) is 0 Å². The Morgan fingerprint density at radius 3 is 2.59 bits per heavy atom. The zero-order chi connectivity index (χ0) is 12.0. The molecule has 3 heterocycles. The number of rotatable bonds is 1. The van der Waals surface area contributed by atoms with Gasteiger partial charge in [0.15, 0.2) is 11.6 Å². The second-order valence-corrected chi connectivity index (χ2v) is 5.90. The van der Waals surface area contributed by atoms with E-state index in [9.17, 15) is 4.39 Å². The number of piperidine rings is 1. The molecule has 2 saturated heterocycles. The van der Waals surface area contributed by atoms with Crippen molar-refractivity contribution in [1.29, 1.82) is 0 Å². The van der Waals surface area contributed by atoms with Gasteiger partial charge in [-0.25, -0.2) is 9.37 Å². The molecule has 2 unspecified atom stereocenters. The summed E-state index contributed by atoms with van der Waals surface area (Å²) in [6, 6.07) is 2.48. The Morgan fingerprint density at radius 1 is 1.35 bits per heavy atom. The monoisotopic (exact) mass is 299 g/mol. The van der Waals surface area contributed by atoms with Gasteiger partial charge in [-0.15, -0.1) is 0 Å². The Bertz CT molecular complexity index is 426. The molecule has 3 rings (SSSR count). The molecular weight excluding hydrogens is 285 g/mol. The van der Waals surface area contributed by atoms with Gasteiger partial charge in [0.2, 0.25) is 0 Å². The molecule has 0 saturated carbocycles. The van der Waals surface area contributed by atoms with E-state index in [1.165, 1.54) is 6.07 Å². The van der Waals surface area contributed by atoms with Crippen LogP contribution in [0.1, 0.15) is 25.7 Å². The third-order valence-corrected chi connectivity index (χ3v) is 4.24. The average Bonchev–Trinajstić information content (AvgIpc) is 2.53. The average molecular weight is 300 g/mol. The summed E-state index contributed by atoms with van der Waals surface area (Å²) in [6.07, 6.45) is 5.78. The van der Waals surface area contributed by atoms with Crippen LogP contribution in [0.25, 0.3) is 0 Å². The van der Waals surface area contributed by atoms with Crippen LogP contribution in [0.5, 0.6) is 0 Å². The fraction of sp³-hybridized carbons (Fsp3) is 0.583. The van der Waals surface area contributed by atoms with E-state index in [0.717, 1.165) is 25.7 Å². The van der Waals surface area contributed by atoms with E-state index < -0.39 is 0 Å². The topological polar surface area (TPSA) is 42.1 Å². The number of aromatic nitrogens is 1. The van der Waals surface area contributed by atoms with Crippen LogP contribution in [0.15, 0.2) is 16.7 Å². The quantitative estimate of drug-likeness (QED) is 0.866. The van der Waals surface area contributed by atoms with E-state index in [4.69, 9.17) is 5.73 Å². The van der Waals surface area contributed by atoms with Crippen LogP contribution < -0.4 is 10.6 Å². The molecule has 0 amide bonds. The minimum atomic E-state index is -0.244. The number of pyridine rings is 1. The van der Waals surface area contributed by atoms with Crippen molar-refractivity contribution in [2.45, 2.75) is 43.8 Å². The van der Waals surface area contributed by atoms with E-state index in [1.807, 2.05) is 0 Å². The minimum Gasteiger partial charge on any atom is -0.348 e. The lowest BCUT2D eigenvalue weighted by Gasteiger charge is -2.38. The van der Waals surface area contributed by atoms with Gasteiger partial charge in [0.1, 0.15) is 0 Å². The Kier molecular flexibility index (Phi) is 2.83. The van der Waals surface area contributed by atoms with Gasteiger partial charge in [-0.1, -0.05) is 0 Å². The molecule has 0 spiro atoms. The maximum atomic E-state index is 13.9. The van der Waals surface area contributed by atoms with Gasteiger partial charge in [-0.05, 0) is 47.7 Å². The summed E-state index contributed by atoms with van der Waals surface area (Å²) in [7, 11) is 0. The Labute approximate surface area is 108 Å². The molecule has 2 atom stereocenters. The SMILES string of the molecule is NC1CC2CCC(C1)N2c1ncc(Br)cc1F. The van der Waals surface area contributed by atoms with Crippen LogP contribution in [0.3, 0.4) is 0 Å². The number of fused-ring (bicyclic) bond motifs is 2. The Balaban J connectivity index is 1.94. The van der Waals surface area contributed by atoms with Gasteiger partial charge in [0, 0.05) is 28.8 Å². The molecule has 1 aromatic rings. The summed E-state index contributed by atoms with van der Waals surface area (Å²) in [6.45, 7) is 0. The summed E-state index contributed by atoms with van der Waals surface area (Å²) < 4.78 is 14.6. The standard InChI is InChI=1S/C12H15BrFN3/c13-7-3-11(14)12(16-6-7)17-9-1-2-10(17)5-8(15)4-9/h3,6,8-10H,1-2,4-5,15H2. The highest BCUT2D eigenvalue weighted by atomic mass is 79.9. The predicted octanol–water partition coefficient (Wildman–Crippen LogP) is 2.44. The molecule has 3 nitrogen and oxygen atoms in total. The van der Waals surface area contributed by atoms with Crippen molar-refractivity contribution >= 4 is 21.7 Å². The van der Waals surface area contributed by atoms with Crippen molar-refractivity contribution in [2.75, 3.05) is 4.90 Å². The molecule has 5 heteroatoms. The fourth-order valence-corrected chi connectivity index (χ4v) is 3.47. The number of nitrogens with zero attached hydrogens (tertiary/aromatic N) is 2. The van der Waals surface area contributed by atoms with Crippen LogP contribution in [-0.2, 0) is 0 Å². The van der Waals surface area contributed by atoms with Gasteiger partial charge >= 0.3 is 0 Å². The molecule has 2 aliphatic rings. The number of halogens is 2. The van der Waals surface area contributed by atoms with Gasteiger partial charge in [-0.3, -0.25) is 0 Å². The first kappa shape index (κ1) is 11.4. The van der Waals surface area contributed by atoms with Crippen LogP contribution in [0, 0.1) is 5.82 Å². The zero-order valence-electron chi connectivity index (χ0n) is 9.44. The Hall–Kier alpha value is -0.680. The van der Waals surface area contributed by atoms with Gasteiger partial charge < -0.3 is 10.6 Å². The van der Waals surface area contributed by atoms with Crippen molar-refractivity contribution in [3.8, 4) is 0 Å². The zero-order valence-corrected chi connectivity index (χ0v) is 11.0. The molecule has 0 aromatic carbocycles. The second-order valence-electron chi connectivity index (χ2n) is 4.98. The fourth-order valence-electron chi connectivity index (χ4n) is 3.16. The van der Waals surface area contributed by atoms with E-state index in [1.54, 1.807) is 6.20 Å². The maximum absolute atomic E-state index is 13.9. The highest BCUT2D eigenvalue weighted by Crippen LogP contribution is 2.39. The molecule has 2 fully saturated rings. The number of anilines is 1. The molecule has 2 bridgehead atoms. The highest BCUT2D eigenvalue weighted by Gasteiger charge is 2.41. The van der Waals surface area contributed by atoms with E-state index in [-0.39, 0.29) is 11.9 Å². The molecule has 17 heavy (non-hydrogen) atoms. The van der Waals surface area contributed by atoms with E-state index in [0.29, 0.717) is 22.4 Å². The summed E-state index contributed by atoms with van der Waals surface area (Å²) in [5, 5.41) is 0. The molecule has 92 valence electrons. The van der Waals surface area contributed by atoms with E-state index in [2.05, 4.69) is 25.8 Å². The summed E-state index contributed by atoms with van der Waals surface area (Å²) in [5.74, 6) is 0.249. The first-order valence-corrected chi connectivity index (χ1v) is 6.79. The first-order valence-electron chi connectivity index (χ1n) is 6.00. The highest BCUT2D eigenvalue weighted by molar-refractivity contribution is 9.10. The van der Waals surface area contributed by atoms with Crippen molar-refractivity contribution < 1.29 is 4.39 Å². The second kappa shape index (κ2) is 4.21. The summed E-state index contributed by atoms with van der Waals surface area (Å²) in [5.41, 5.74) is 6.01. The summed E-state index contributed by atoms with van der Waals surface area (Å²) in [4.78, 5) is 6.37. The number of hydrogen-bond donors (Lipinski definition) is 1. The normalized spacial score (nSPS) is 31.9. The third-order valence-electron chi connectivity index (χ3n) is 3.80. The van der Waals surface area contributed by atoms with Crippen LogP contribution in [0.2, 0.25) is 0 Å². The van der Waals surface area contributed by atoms with Gasteiger partial charge in [0.05, 0.1) is 0 Å². The first-order chi connectivity index (χ1) is 8.15. The van der Waals surface area contributed by atoms with Crippen LogP contribution in [0.4, 0.5) is 10.2 Å². The number of nitrogens with two attached hydrogens (primary N) is 1. The van der Waals surface area contributed by atoms with Crippen LogP contribution in [-0.4, -0.2) is 23.1 Å². The third kappa shape index (κ3) is 1.95. The van der Waals surface area contributed by atoms with Crippen LogP contribution >= 0.6 is 15.9 Å². The number of hydrogen-bond acceptors (Lipinski definition) is 3. The molecule has 0 radical (unpaired) electrons. The maximum Gasteiger partial charge on any atom is 0.166 e. The molecule has 2 N–H and O–H groups in total. The molecule has 1 aromatic heterocycles. The Morgan fingerprint density at radius 2 is 2.00 bits per heavy atom. The van der Waals surface area contributed by atoms with Crippen molar-refractivity contribution in [3.05, 3.63) is 22.6 Å². The predicted molar refractivity (Wildman–Crippen MR) is 68.4 cm³/mol. The molecule has 0 aliphatic carbocycles.